The number of likely N-dealkylation sites (N-methyl/N-ethyl adjacent to an activating group) is 1. The molecule has 2 aliphatic rings. The minimum Gasteiger partial charge on any atom is -0.380 e. The topological polar surface area (TPSA) is 51.0 Å². The number of methoxy groups -OCH3 is 1. The van der Waals surface area contributed by atoms with Gasteiger partial charge in [0.25, 0.3) is 0 Å². The highest BCUT2D eigenvalue weighted by atomic mass is 16.5. The van der Waals surface area contributed by atoms with Gasteiger partial charge in [-0.05, 0) is 25.5 Å². The monoisotopic (exact) mass is 305 g/mol. The van der Waals surface area contributed by atoms with E-state index in [1.165, 1.54) is 5.56 Å². The van der Waals surface area contributed by atoms with Crippen molar-refractivity contribution in [2.24, 2.45) is 5.84 Å². The second-order valence-corrected chi connectivity index (χ2v) is 6.47. The Bertz CT molecular complexity index is 470. The van der Waals surface area contributed by atoms with Crippen LogP contribution in [0, 0.1) is 0 Å². The van der Waals surface area contributed by atoms with Crippen LogP contribution in [-0.2, 0) is 9.47 Å². The van der Waals surface area contributed by atoms with Gasteiger partial charge < -0.3 is 9.47 Å². The third-order valence-corrected chi connectivity index (χ3v) is 4.93. The maximum atomic E-state index is 6.42. The molecule has 3 rings (SSSR count). The molecule has 0 aliphatic carbocycles. The van der Waals surface area contributed by atoms with Crippen molar-refractivity contribution in [3.05, 3.63) is 35.9 Å². The predicted octanol–water partition coefficient (Wildman–Crippen LogP) is 1.41. The standard InChI is InChI=1S/C17H27N3O2/c1-19-10-14(21-2)8-9-15(19)17-12-20(18)11-16(22-17)13-6-4-3-5-7-13/h3-7,14-17H,8-12,18H2,1-2H3. The van der Waals surface area contributed by atoms with Crippen LogP contribution in [-0.4, -0.2) is 62.0 Å². The van der Waals surface area contributed by atoms with Gasteiger partial charge in [-0.1, -0.05) is 30.3 Å². The number of ether oxygens (including phenoxy) is 2. The average Bonchev–Trinajstić information content (AvgIpc) is 2.55. The van der Waals surface area contributed by atoms with Gasteiger partial charge in [-0.25, -0.2) is 5.01 Å². The highest BCUT2D eigenvalue weighted by Gasteiger charge is 2.37. The van der Waals surface area contributed by atoms with Crippen LogP contribution in [0.1, 0.15) is 24.5 Å². The first-order valence-electron chi connectivity index (χ1n) is 8.10. The van der Waals surface area contributed by atoms with Crippen LogP contribution in [0.25, 0.3) is 0 Å². The SMILES string of the molecule is COC1CCC(C2CN(N)CC(c3ccccc3)O2)N(C)C1. The Balaban J connectivity index is 1.69. The molecule has 5 nitrogen and oxygen atoms in total. The van der Waals surface area contributed by atoms with Crippen molar-refractivity contribution >= 4 is 0 Å². The molecule has 0 radical (unpaired) electrons. The zero-order chi connectivity index (χ0) is 15.5. The van der Waals surface area contributed by atoms with Crippen LogP contribution in [0.5, 0.6) is 0 Å². The van der Waals surface area contributed by atoms with Gasteiger partial charge in [0.05, 0.1) is 18.3 Å². The van der Waals surface area contributed by atoms with E-state index in [0.717, 1.165) is 32.5 Å². The number of hydrazine groups is 1. The second kappa shape index (κ2) is 7.06. The molecule has 5 heteroatoms. The molecule has 4 atom stereocenters. The molecule has 1 aromatic carbocycles. The van der Waals surface area contributed by atoms with E-state index >= 15 is 0 Å². The Morgan fingerprint density at radius 2 is 1.91 bits per heavy atom. The van der Waals surface area contributed by atoms with Crippen molar-refractivity contribution in [3.63, 3.8) is 0 Å². The highest BCUT2D eigenvalue weighted by Crippen LogP contribution is 2.29. The quantitative estimate of drug-likeness (QED) is 0.856. The molecule has 0 saturated carbocycles. The minimum absolute atomic E-state index is 0.0542. The van der Waals surface area contributed by atoms with Gasteiger partial charge in [0.1, 0.15) is 0 Å². The lowest BCUT2D eigenvalue weighted by Crippen LogP contribution is -2.57. The third-order valence-electron chi connectivity index (χ3n) is 4.93. The van der Waals surface area contributed by atoms with Crippen LogP contribution in [0.3, 0.4) is 0 Å². The predicted molar refractivity (Wildman–Crippen MR) is 86.3 cm³/mol. The molecule has 0 amide bonds. The van der Waals surface area contributed by atoms with Crippen molar-refractivity contribution in [2.45, 2.75) is 37.2 Å². The molecule has 2 fully saturated rings. The summed E-state index contributed by atoms with van der Waals surface area (Å²) in [5.41, 5.74) is 1.20. The molecule has 122 valence electrons. The van der Waals surface area contributed by atoms with Crippen molar-refractivity contribution in [1.29, 1.82) is 0 Å². The van der Waals surface area contributed by atoms with E-state index in [1.807, 2.05) is 11.1 Å². The molecule has 4 unspecified atom stereocenters. The number of benzene rings is 1. The number of nitrogens with zero attached hydrogens (tertiary/aromatic N) is 2. The largest absolute Gasteiger partial charge is 0.380 e. The fraction of sp³-hybridized carbons (Fsp3) is 0.647. The van der Waals surface area contributed by atoms with E-state index in [-0.39, 0.29) is 12.2 Å². The lowest BCUT2D eigenvalue weighted by molar-refractivity contribution is -0.131. The Hall–Kier alpha value is -0.980. The van der Waals surface area contributed by atoms with Crippen molar-refractivity contribution in [1.82, 2.24) is 9.91 Å². The number of hydrogen-bond donors (Lipinski definition) is 1. The molecule has 2 aliphatic heterocycles. The van der Waals surface area contributed by atoms with Gasteiger partial charge in [0.15, 0.2) is 0 Å². The summed E-state index contributed by atoms with van der Waals surface area (Å²) >= 11 is 0. The van der Waals surface area contributed by atoms with Gasteiger partial charge in [-0.15, -0.1) is 0 Å². The Morgan fingerprint density at radius 3 is 2.59 bits per heavy atom. The van der Waals surface area contributed by atoms with Gasteiger partial charge in [-0.2, -0.15) is 0 Å². The highest BCUT2D eigenvalue weighted by molar-refractivity contribution is 5.18. The number of hydrogen-bond acceptors (Lipinski definition) is 5. The van der Waals surface area contributed by atoms with E-state index in [4.69, 9.17) is 15.3 Å². The summed E-state index contributed by atoms with van der Waals surface area (Å²) in [5.74, 6) is 6.17. The summed E-state index contributed by atoms with van der Waals surface area (Å²) in [5, 5.41) is 1.90. The molecule has 0 spiro atoms. The van der Waals surface area contributed by atoms with Gasteiger partial charge in [-0.3, -0.25) is 10.7 Å². The molecule has 22 heavy (non-hydrogen) atoms. The van der Waals surface area contributed by atoms with Gasteiger partial charge in [0, 0.05) is 32.8 Å². The first-order valence-corrected chi connectivity index (χ1v) is 8.10. The van der Waals surface area contributed by atoms with Gasteiger partial charge in [0.2, 0.25) is 0 Å². The summed E-state index contributed by atoms with van der Waals surface area (Å²) in [6.45, 7) is 2.50. The van der Waals surface area contributed by atoms with E-state index in [1.54, 1.807) is 7.11 Å². The number of morpholine rings is 1. The zero-order valence-corrected chi connectivity index (χ0v) is 13.5. The normalized spacial score (nSPS) is 34.7. The van der Waals surface area contributed by atoms with E-state index < -0.39 is 0 Å². The summed E-state index contributed by atoms with van der Waals surface area (Å²) in [7, 11) is 3.95. The second-order valence-electron chi connectivity index (χ2n) is 6.47. The summed E-state index contributed by atoms with van der Waals surface area (Å²) < 4.78 is 11.9. The van der Waals surface area contributed by atoms with Crippen molar-refractivity contribution < 1.29 is 9.47 Å². The van der Waals surface area contributed by atoms with E-state index in [9.17, 15) is 0 Å². The first-order chi connectivity index (χ1) is 10.7. The van der Waals surface area contributed by atoms with E-state index in [0.29, 0.717) is 12.1 Å². The van der Waals surface area contributed by atoms with Crippen LogP contribution >= 0.6 is 0 Å². The lowest BCUT2D eigenvalue weighted by atomic mass is 9.94. The van der Waals surface area contributed by atoms with Gasteiger partial charge >= 0.3 is 0 Å². The molecule has 2 heterocycles. The maximum absolute atomic E-state index is 6.42. The molecule has 2 saturated heterocycles. The molecule has 0 aromatic heterocycles. The zero-order valence-electron chi connectivity index (χ0n) is 13.5. The maximum Gasteiger partial charge on any atom is 0.0970 e. The molecule has 2 N–H and O–H groups in total. The van der Waals surface area contributed by atoms with Crippen molar-refractivity contribution in [3.8, 4) is 0 Å². The Labute approximate surface area is 132 Å². The molecular weight excluding hydrogens is 278 g/mol. The van der Waals surface area contributed by atoms with Crippen LogP contribution in [0.15, 0.2) is 30.3 Å². The summed E-state index contributed by atoms with van der Waals surface area (Å²) in [6.07, 6.45) is 2.72. The fourth-order valence-electron chi connectivity index (χ4n) is 3.67. The van der Waals surface area contributed by atoms with E-state index in [2.05, 4.69) is 36.2 Å². The summed E-state index contributed by atoms with van der Waals surface area (Å²) in [6, 6.07) is 10.8. The number of piperidine rings is 1. The Kier molecular flexibility index (Phi) is 5.10. The number of rotatable bonds is 3. The lowest BCUT2D eigenvalue weighted by Gasteiger charge is -2.45. The first kappa shape index (κ1) is 15.9. The van der Waals surface area contributed by atoms with Crippen LogP contribution < -0.4 is 5.84 Å². The van der Waals surface area contributed by atoms with Crippen molar-refractivity contribution in [2.75, 3.05) is 33.8 Å². The average molecular weight is 305 g/mol. The summed E-state index contributed by atoms with van der Waals surface area (Å²) in [4.78, 5) is 2.36. The number of likely N-dealkylation sites (tertiary alicyclic amines) is 1. The minimum atomic E-state index is 0.0542. The van der Waals surface area contributed by atoms with Crippen LogP contribution in [0.4, 0.5) is 0 Å². The fourth-order valence-corrected chi connectivity index (χ4v) is 3.67. The number of nitrogens with two attached hydrogens (primary N) is 1. The Morgan fingerprint density at radius 1 is 1.14 bits per heavy atom. The smallest absolute Gasteiger partial charge is 0.0970 e. The molecule has 0 bridgehead atoms. The molecule has 1 aromatic rings. The third kappa shape index (κ3) is 3.50. The van der Waals surface area contributed by atoms with Crippen LogP contribution in [0.2, 0.25) is 0 Å². The molecular formula is C17H27N3O2.